The van der Waals surface area contributed by atoms with Gasteiger partial charge in [-0.3, -0.25) is 9.20 Å². The second-order valence-corrected chi connectivity index (χ2v) is 9.58. The molecule has 1 saturated heterocycles. The van der Waals surface area contributed by atoms with E-state index in [0.717, 1.165) is 49.4 Å². The summed E-state index contributed by atoms with van der Waals surface area (Å²) in [6.45, 7) is 3.43. The molecule has 41 heavy (non-hydrogen) atoms. The van der Waals surface area contributed by atoms with Crippen LogP contribution in [0.15, 0.2) is 60.0 Å². The zero-order chi connectivity index (χ0) is 29.1. The van der Waals surface area contributed by atoms with Gasteiger partial charge in [0, 0.05) is 55.1 Å². The van der Waals surface area contributed by atoms with Crippen LogP contribution >= 0.6 is 0 Å². The average molecular weight is 562 g/mol. The monoisotopic (exact) mass is 561 g/mol. The summed E-state index contributed by atoms with van der Waals surface area (Å²) in [6.07, 6.45) is 4.20. The van der Waals surface area contributed by atoms with Gasteiger partial charge in [0.1, 0.15) is 34.5 Å². The second-order valence-electron chi connectivity index (χ2n) is 9.58. The van der Waals surface area contributed by atoms with Gasteiger partial charge in [0.25, 0.3) is 5.91 Å². The molecule has 4 aromatic rings. The van der Waals surface area contributed by atoms with Crippen LogP contribution in [0.5, 0.6) is 0 Å². The molecule has 10 nitrogen and oxygen atoms in total. The normalized spacial score (nSPS) is 16.0. The van der Waals surface area contributed by atoms with Crippen molar-refractivity contribution in [2.75, 3.05) is 24.1 Å². The molecule has 1 amide bonds. The predicted octanol–water partition coefficient (Wildman–Crippen LogP) is 5.11. The van der Waals surface area contributed by atoms with Crippen LogP contribution < -0.4 is 11.1 Å². The molecule has 0 saturated carbocycles. The van der Waals surface area contributed by atoms with Gasteiger partial charge < -0.3 is 16.0 Å². The molecule has 4 heterocycles. The number of imidazole rings is 1. The molecule has 1 aliphatic rings. The van der Waals surface area contributed by atoms with Crippen LogP contribution in [0.4, 0.5) is 24.8 Å². The molecule has 1 aliphatic heterocycles. The second kappa shape index (κ2) is 11.2. The Morgan fingerprint density at radius 2 is 2.00 bits per heavy atom. The van der Waals surface area contributed by atoms with Crippen LogP contribution in [0.1, 0.15) is 53.8 Å². The van der Waals surface area contributed by atoms with Gasteiger partial charge in [-0.1, -0.05) is 19.1 Å². The van der Waals surface area contributed by atoms with Crippen LogP contribution in [-0.2, 0) is 6.18 Å². The number of piperidine rings is 1. The number of nitrogens with two attached hydrogens (primary N) is 1. The number of aliphatic imine (C=N–C) groups is 1. The lowest BCUT2D eigenvalue weighted by Gasteiger charge is -2.33. The number of likely N-dealkylation sites (tertiary alicyclic amines) is 1. The van der Waals surface area contributed by atoms with E-state index in [9.17, 15) is 18.0 Å². The molecule has 0 spiro atoms. The quantitative estimate of drug-likeness (QED) is 0.196. The molecule has 210 valence electrons. The number of fused-ring (bicyclic) bond motifs is 1. The fraction of sp³-hybridized carbons (Fsp3) is 0.286. The van der Waals surface area contributed by atoms with Crippen molar-refractivity contribution in [3.63, 3.8) is 0 Å². The third kappa shape index (κ3) is 5.67. The van der Waals surface area contributed by atoms with Gasteiger partial charge in [0.15, 0.2) is 0 Å². The number of pyridine rings is 1. The summed E-state index contributed by atoms with van der Waals surface area (Å²) in [4.78, 5) is 31.9. The van der Waals surface area contributed by atoms with Crippen LogP contribution in [0.25, 0.3) is 16.8 Å². The van der Waals surface area contributed by atoms with Gasteiger partial charge in [-0.2, -0.15) is 23.4 Å². The van der Waals surface area contributed by atoms with Gasteiger partial charge in [0.05, 0.1) is 5.56 Å². The van der Waals surface area contributed by atoms with Crippen LogP contribution in [-0.4, -0.2) is 49.1 Å². The maximum atomic E-state index is 13.0. The molecule has 1 atom stereocenters. The minimum absolute atomic E-state index is 0.0484. The number of nitrogen functional groups attached to an aromatic ring is 1. The van der Waals surface area contributed by atoms with Crippen molar-refractivity contribution in [1.82, 2.24) is 24.3 Å². The smallest absolute Gasteiger partial charge is 0.382 e. The van der Waals surface area contributed by atoms with E-state index in [2.05, 4.69) is 25.2 Å². The number of carbonyl (C=O) groups is 1. The summed E-state index contributed by atoms with van der Waals surface area (Å²) >= 11 is 0. The van der Waals surface area contributed by atoms with E-state index in [1.165, 1.54) is 0 Å². The van der Waals surface area contributed by atoms with Crippen molar-refractivity contribution in [3.05, 3.63) is 71.9 Å². The molecule has 13 heteroatoms. The Balaban J connectivity index is 1.43. The Bertz CT molecular complexity index is 1660. The highest BCUT2D eigenvalue weighted by Crippen LogP contribution is 2.34. The summed E-state index contributed by atoms with van der Waals surface area (Å²) in [5.41, 5.74) is 7.53. The van der Waals surface area contributed by atoms with Gasteiger partial charge >= 0.3 is 6.18 Å². The Labute approximate surface area is 233 Å². The molecular weight excluding hydrogens is 535 g/mol. The minimum atomic E-state index is -4.55. The van der Waals surface area contributed by atoms with Crippen LogP contribution in [0.2, 0.25) is 0 Å². The number of rotatable bonds is 5. The molecule has 5 rings (SSSR count). The number of amidine groups is 1. The standard InChI is InChI=1S/C28H26F3N9O/c1-2-22(36-16-32)39-12-3-4-19(15-39)26-38-23(24-25(33)35-11-13-40(24)26)17-5-7-18(8-6-17)27(41)37-21-14-20(9-10-34-21)28(29,30)31/h5-11,13-14,19H,2-4,12,15H2,1H3,(H2,33,35)(H,34,37,41)/t19-/m1/s1. The number of nitrogens with zero attached hydrogens (tertiary/aromatic N) is 7. The molecule has 0 radical (unpaired) electrons. The van der Waals surface area contributed by atoms with Crippen molar-refractivity contribution in [2.24, 2.45) is 4.99 Å². The van der Waals surface area contributed by atoms with E-state index in [0.29, 0.717) is 35.6 Å². The van der Waals surface area contributed by atoms with E-state index >= 15 is 0 Å². The van der Waals surface area contributed by atoms with Gasteiger partial charge in [-0.05, 0) is 37.1 Å². The zero-order valence-corrected chi connectivity index (χ0v) is 22.1. The van der Waals surface area contributed by atoms with E-state index < -0.39 is 17.6 Å². The largest absolute Gasteiger partial charge is 0.416 e. The first kappa shape index (κ1) is 27.6. The highest BCUT2D eigenvalue weighted by atomic mass is 19.4. The topological polar surface area (TPSA) is 138 Å². The number of aromatic nitrogens is 4. The summed E-state index contributed by atoms with van der Waals surface area (Å²) in [5.74, 6) is 1.09. The van der Waals surface area contributed by atoms with E-state index in [-0.39, 0.29) is 17.3 Å². The summed E-state index contributed by atoms with van der Waals surface area (Å²) < 4.78 is 41.0. The lowest BCUT2D eigenvalue weighted by Crippen LogP contribution is -2.39. The number of nitrogens with one attached hydrogen (secondary N) is 1. The fourth-order valence-electron chi connectivity index (χ4n) is 5.07. The molecule has 3 aromatic heterocycles. The molecular formula is C28H26F3N9O. The number of nitriles is 1. The number of alkyl halides is 3. The molecule has 0 unspecified atom stereocenters. The maximum Gasteiger partial charge on any atom is 0.416 e. The first-order valence-corrected chi connectivity index (χ1v) is 13.0. The summed E-state index contributed by atoms with van der Waals surface area (Å²) in [5, 5.41) is 11.5. The average Bonchev–Trinajstić information content (AvgIpc) is 3.37. The Hall–Kier alpha value is -4.99. The van der Waals surface area contributed by atoms with Crippen molar-refractivity contribution < 1.29 is 18.0 Å². The molecule has 3 N–H and O–H groups in total. The van der Waals surface area contributed by atoms with Crippen molar-refractivity contribution >= 4 is 28.9 Å². The van der Waals surface area contributed by atoms with Gasteiger partial charge in [-0.25, -0.2) is 15.0 Å². The SMILES string of the molecule is CCC(=NC#N)N1CCC[C@@H](c2nc(-c3ccc(C(=O)Nc4cc(C(F)(F)F)ccn4)cc3)c3c(N)nccn23)C1. The van der Waals surface area contributed by atoms with Gasteiger partial charge in [-0.15, -0.1) is 0 Å². The molecule has 0 aliphatic carbocycles. The number of amides is 1. The zero-order valence-electron chi connectivity index (χ0n) is 22.1. The number of halogens is 3. The highest BCUT2D eigenvalue weighted by molar-refractivity contribution is 6.04. The third-order valence-corrected chi connectivity index (χ3v) is 7.01. The fourth-order valence-corrected chi connectivity index (χ4v) is 5.07. The summed E-state index contributed by atoms with van der Waals surface area (Å²) in [6, 6.07) is 8.14. The van der Waals surface area contributed by atoms with Crippen molar-refractivity contribution in [3.8, 4) is 17.5 Å². The first-order valence-electron chi connectivity index (χ1n) is 13.0. The number of hydrogen-bond acceptors (Lipinski definition) is 7. The Morgan fingerprint density at radius 3 is 2.71 bits per heavy atom. The van der Waals surface area contributed by atoms with Crippen LogP contribution in [0.3, 0.4) is 0 Å². The van der Waals surface area contributed by atoms with E-state index in [4.69, 9.17) is 16.0 Å². The lowest BCUT2D eigenvalue weighted by atomic mass is 9.97. The van der Waals surface area contributed by atoms with Crippen LogP contribution in [0, 0.1) is 11.5 Å². The third-order valence-electron chi connectivity index (χ3n) is 7.01. The van der Waals surface area contributed by atoms with Crippen molar-refractivity contribution in [1.29, 1.82) is 5.26 Å². The highest BCUT2D eigenvalue weighted by Gasteiger charge is 2.31. The molecule has 0 bridgehead atoms. The predicted molar refractivity (Wildman–Crippen MR) is 147 cm³/mol. The number of benzene rings is 1. The van der Waals surface area contributed by atoms with Crippen molar-refractivity contribution in [2.45, 2.75) is 38.3 Å². The minimum Gasteiger partial charge on any atom is -0.382 e. The number of carbonyl (C=O) groups excluding carboxylic acids is 1. The maximum absolute atomic E-state index is 13.0. The van der Waals surface area contributed by atoms with E-state index in [1.54, 1.807) is 30.5 Å². The first-order chi connectivity index (χ1) is 19.7. The number of hydrogen-bond donors (Lipinski definition) is 2. The van der Waals surface area contributed by atoms with E-state index in [1.807, 2.05) is 23.7 Å². The molecule has 1 aromatic carbocycles. The van der Waals surface area contributed by atoms with Gasteiger partial charge in [0.2, 0.25) is 6.19 Å². The molecule has 1 fully saturated rings. The summed E-state index contributed by atoms with van der Waals surface area (Å²) in [7, 11) is 0. The number of anilines is 2. The lowest BCUT2D eigenvalue weighted by molar-refractivity contribution is -0.137. The Kier molecular flexibility index (Phi) is 7.56. The Morgan fingerprint density at radius 1 is 1.22 bits per heavy atom.